The number of nitrogens with one attached hydrogen (secondary N) is 1. The summed E-state index contributed by atoms with van der Waals surface area (Å²) in [5.74, 6) is -0.0418. The Morgan fingerprint density at radius 3 is 2.68 bits per heavy atom. The lowest BCUT2D eigenvalue weighted by molar-refractivity contribution is 0.0950. The van der Waals surface area contributed by atoms with Crippen molar-refractivity contribution >= 4 is 11.6 Å². The molecule has 0 aromatic heterocycles. The lowest BCUT2D eigenvalue weighted by Gasteiger charge is -2.09. The molecule has 3 nitrogen and oxygen atoms in total. The number of amides is 1. The highest BCUT2D eigenvalue weighted by atomic mass is 16.1. The predicted octanol–water partition coefficient (Wildman–Crippen LogP) is 2.76. The molecule has 0 unspecified atom stereocenters. The second kappa shape index (κ2) is 6.05. The van der Waals surface area contributed by atoms with E-state index in [2.05, 4.69) is 5.32 Å². The largest absolute Gasteiger partial charge is 0.399 e. The summed E-state index contributed by atoms with van der Waals surface area (Å²) in [7, 11) is 0. The number of rotatable bonds is 4. The molecule has 0 aliphatic rings. The van der Waals surface area contributed by atoms with Crippen LogP contribution >= 0.6 is 0 Å². The van der Waals surface area contributed by atoms with Crippen LogP contribution in [0.25, 0.3) is 0 Å². The number of nitrogen functional groups attached to an aromatic ring is 1. The number of aryl methyl sites for hydroxylation is 1. The quantitative estimate of drug-likeness (QED) is 0.824. The van der Waals surface area contributed by atoms with Gasteiger partial charge in [-0.15, -0.1) is 0 Å². The van der Waals surface area contributed by atoms with E-state index in [0.717, 1.165) is 23.1 Å². The Balaban J connectivity index is 2.05. The van der Waals surface area contributed by atoms with Gasteiger partial charge in [-0.2, -0.15) is 0 Å². The van der Waals surface area contributed by atoms with Crippen LogP contribution in [0.5, 0.6) is 0 Å². The van der Waals surface area contributed by atoms with Crippen molar-refractivity contribution in [2.45, 2.75) is 19.9 Å². The van der Waals surface area contributed by atoms with Crippen molar-refractivity contribution in [1.29, 1.82) is 0 Å². The van der Waals surface area contributed by atoms with Gasteiger partial charge in [0.05, 0.1) is 0 Å². The Kier molecular flexibility index (Phi) is 4.18. The zero-order valence-electron chi connectivity index (χ0n) is 11.0. The fourth-order valence-corrected chi connectivity index (χ4v) is 2.03. The minimum atomic E-state index is -0.0418. The van der Waals surface area contributed by atoms with E-state index in [1.807, 2.05) is 55.5 Å². The zero-order valence-corrected chi connectivity index (χ0v) is 11.0. The number of hydrogen-bond acceptors (Lipinski definition) is 2. The van der Waals surface area contributed by atoms with E-state index in [9.17, 15) is 4.79 Å². The van der Waals surface area contributed by atoms with Gasteiger partial charge in [-0.05, 0) is 35.7 Å². The van der Waals surface area contributed by atoms with E-state index in [0.29, 0.717) is 12.2 Å². The molecule has 19 heavy (non-hydrogen) atoms. The lowest BCUT2D eigenvalue weighted by Crippen LogP contribution is -2.23. The van der Waals surface area contributed by atoms with Crippen LogP contribution in [0.3, 0.4) is 0 Å². The van der Waals surface area contributed by atoms with Crippen LogP contribution in [-0.2, 0) is 13.0 Å². The van der Waals surface area contributed by atoms with Crippen molar-refractivity contribution in [3.05, 3.63) is 65.2 Å². The molecule has 98 valence electrons. The average Bonchev–Trinajstić information content (AvgIpc) is 2.45. The van der Waals surface area contributed by atoms with Gasteiger partial charge in [0, 0.05) is 17.8 Å². The smallest absolute Gasteiger partial charge is 0.251 e. The Morgan fingerprint density at radius 2 is 1.95 bits per heavy atom. The third-order valence-corrected chi connectivity index (χ3v) is 3.05. The molecule has 1 amide bonds. The maximum atomic E-state index is 12.1. The van der Waals surface area contributed by atoms with Crippen LogP contribution in [-0.4, -0.2) is 5.91 Å². The standard InChI is InChI=1S/C16H18N2O/c1-2-13-7-3-4-9-15(13)16(19)18-11-12-6-5-8-14(17)10-12/h3-10H,2,11,17H2,1H3,(H,18,19). The molecule has 0 saturated carbocycles. The van der Waals surface area contributed by atoms with Gasteiger partial charge in [-0.1, -0.05) is 37.3 Å². The number of benzene rings is 2. The highest BCUT2D eigenvalue weighted by Gasteiger charge is 2.08. The first kappa shape index (κ1) is 13.1. The third-order valence-electron chi connectivity index (χ3n) is 3.05. The maximum absolute atomic E-state index is 12.1. The predicted molar refractivity (Wildman–Crippen MR) is 77.8 cm³/mol. The minimum Gasteiger partial charge on any atom is -0.399 e. The molecule has 0 aliphatic carbocycles. The maximum Gasteiger partial charge on any atom is 0.251 e. The molecule has 0 bridgehead atoms. The first-order valence-electron chi connectivity index (χ1n) is 6.41. The van der Waals surface area contributed by atoms with E-state index in [1.165, 1.54) is 0 Å². The van der Waals surface area contributed by atoms with E-state index < -0.39 is 0 Å². The first-order valence-corrected chi connectivity index (χ1v) is 6.41. The molecule has 0 fully saturated rings. The number of nitrogens with two attached hydrogens (primary N) is 1. The van der Waals surface area contributed by atoms with Gasteiger partial charge in [0.1, 0.15) is 0 Å². The lowest BCUT2D eigenvalue weighted by atomic mass is 10.0. The second-order valence-corrected chi connectivity index (χ2v) is 4.44. The fraction of sp³-hybridized carbons (Fsp3) is 0.188. The molecule has 0 atom stereocenters. The third kappa shape index (κ3) is 3.35. The first-order chi connectivity index (χ1) is 9.20. The Labute approximate surface area is 113 Å². The minimum absolute atomic E-state index is 0.0418. The van der Waals surface area contributed by atoms with Gasteiger partial charge in [-0.3, -0.25) is 4.79 Å². The number of carbonyl (C=O) groups excluding carboxylic acids is 1. The topological polar surface area (TPSA) is 55.1 Å². The van der Waals surface area contributed by atoms with Gasteiger partial charge in [-0.25, -0.2) is 0 Å². The summed E-state index contributed by atoms with van der Waals surface area (Å²) in [5, 5.41) is 2.92. The van der Waals surface area contributed by atoms with Crippen molar-refractivity contribution in [3.8, 4) is 0 Å². The molecule has 3 N–H and O–H groups in total. The number of hydrogen-bond donors (Lipinski definition) is 2. The number of carbonyl (C=O) groups is 1. The molecule has 0 radical (unpaired) electrons. The van der Waals surface area contributed by atoms with Crippen LogP contribution in [0.4, 0.5) is 5.69 Å². The van der Waals surface area contributed by atoms with Crippen LogP contribution in [0.2, 0.25) is 0 Å². The highest BCUT2D eigenvalue weighted by molar-refractivity contribution is 5.95. The SMILES string of the molecule is CCc1ccccc1C(=O)NCc1cccc(N)c1. The van der Waals surface area contributed by atoms with Crippen molar-refractivity contribution in [1.82, 2.24) is 5.32 Å². The highest BCUT2D eigenvalue weighted by Crippen LogP contribution is 2.10. The van der Waals surface area contributed by atoms with Gasteiger partial charge < -0.3 is 11.1 Å². The van der Waals surface area contributed by atoms with Crippen LogP contribution in [0.1, 0.15) is 28.4 Å². The molecule has 3 heteroatoms. The van der Waals surface area contributed by atoms with Crippen molar-refractivity contribution in [3.63, 3.8) is 0 Å². The van der Waals surface area contributed by atoms with Crippen molar-refractivity contribution in [2.75, 3.05) is 5.73 Å². The van der Waals surface area contributed by atoms with Crippen LogP contribution in [0.15, 0.2) is 48.5 Å². The fourth-order valence-electron chi connectivity index (χ4n) is 2.03. The Bertz CT molecular complexity index is 578. The molecule has 2 aromatic carbocycles. The zero-order chi connectivity index (χ0) is 13.7. The average molecular weight is 254 g/mol. The Morgan fingerprint density at radius 1 is 1.16 bits per heavy atom. The van der Waals surface area contributed by atoms with E-state index in [1.54, 1.807) is 0 Å². The molecule has 0 spiro atoms. The second-order valence-electron chi connectivity index (χ2n) is 4.44. The van der Waals surface area contributed by atoms with Gasteiger partial charge in [0.25, 0.3) is 5.91 Å². The molecule has 2 aromatic rings. The summed E-state index contributed by atoms with van der Waals surface area (Å²) in [6.07, 6.45) is 0.849. The van der Waals surface area contributed by atoms with Crippen molar-refractivity contribution in [2.24, 2.45) is 0 Å². The van der Waals surface area contributed by atoms with E-state index >= 15 is 0 Å². The van der Waals surface area contributed by atoms with Gasteiger partial charge >= 0.3 is 0 Å². The molecule has 2 rings (SSSR count). The molecule has 0 saturated heterocycles. The summed E-state index contributed by atoms with van der Waals surface area (Å²) in [6, 6.07) is 15.2. The normalized spacial score (nSPS) is 10.2. The van der Waals surface area contributed by atoms with Gasteiger partial charge in [0.15, 0.2) is 0 Å². The van der Waals surface area contributed by atoms with Crippen molar-refractivity contribution < 1.29 is 4.79 Å². The summed E-state index contributed by atoms with van der Waals surface area (Å²) in [5.41, 5.74) is 9.23. The molecule has 0 aliphatic heterocycles. The molecular formula is C16H18N2O. The van der Waals surface area contributed by atoms with Gasteiger partial charge in [0.2, 0.25) is 0 Å². The van der Waals surface area contributed by atoms with Crippen LogP contribution < -0.4 is 11.1 Å². The monoisotopic (exact) mass is 254 g/mol. The van der Waals surface area contributed by atoms with E-state index in [4.69, 9.17) is 5.73 Å². The number of anilines is 1. The summed E-state index contributed by atoms with van der Waals surface area (Å²) >= 11 is 0. The van der Waals surface area contributed by atoms with E-state index in [-0.39, 0.29) is 5.91 Å². The summed E-state index contributed by atoms with van der Waals surface area (Å²) in [6.45, 7) is 2.53. The van der Waals surface area contributed by atoms with Crippen LogP contribution in [0, 0.1) is 0 Å². The Hall–Kier alpha value is -2.29. The summed E-state index contributed by atoms with van der Waals surface area (Å²) < 4.78 is 0. The molecule has 0 heterocycles. The summed E-state index contributed by atoms with van der Waals surface area (Å²) in [4.78, 5) is 12.1. The molecular weight excluding hydrogens is 236 g/mol.